The Labute approximate surface area is 377 Å². The summed E-state index contributed by atoms with van der Waals surface area (Å²) in [6, 6.07) is 11.7. The lowest BCUT2D eigenvalue weighted by atomic mass is 9.77. The number of carbonyl (C=O) groups excluding carboxylic acids is 5. The highest BCUT2D eigenvalue weighted by atomic mass is 35.5. The predicted octanol–water partition coefficient (Wildman–Crippen LogP) is 4.11. The molecule has 1 atom stereocenters. The minimum Gasteiger partial charge on any atom is -0.491 e. The van der Waals surface area contributed by atoms with Crippen LogP contribution in [0.2, 0.25) is 5.02 Å². The molecule has 0 bridgehead atoms. The molecule has 0 aliphatic carbocycles. The predicted molar refractivity (Wildman–Crippen MR) is 235 cm³/mol. The van der Waals surface area contributed by atoms with Crippen LogP contribution in [0.4, 0.5) is 22.0 Å². The summed E-state index contributed by atoms with van der Waals surface area (Å²) in [7, 11) is 0. The van der Waals surface area contributed by atoms with Gasteiger partial charge in [-0.2, -0.15) is 0 Å². The maximum absolute atomic E-state index is 15.8. The number of rotatable bonds is 15. The third-order valence-corrected chi connectivity index (χ3v) is 12.7. The number of carbonyl (C=O) groups is 5. The second-order valence-electron chi connectivity index (χ2n) is 16.4. The molecule has 7 heterocycles. The van der Waals surface area contributed by atoms with E-state index in [-0.39, 0.29) is 65.8 Å². The number of nitrogens with zero attached hydrogens (tertiary/aromatic N) is 7. The van der Waals surface area contributed by atoms with Gasteiger partial charge in [0, 0.05) is 79.4 Å². The van der Waals surface area contributed by atoms with Gasteiger partial charge >= 0.3 is 0 Å². The summed E-state index contributed by atoms with van der Waals surface area (Å²) in [5.41, 5.74) is 8.09. The summed E-state index contributed by atoms with van der Waals surface area (Å²) in [4.78, 5) is 82.1. The smallest absolute Gasteiger partial charge is 0.256 e. The summed E-state index contributed by atoms with van der Waals surface area (Å²) in [6.45, 7) is 4.16. The molecule has 4 aliphatic rings. The molecule has 5 aromatic rings. The number of halogens is 2. The number of pyridine rings is 1. The van der Waals surface area contributed by atoms with Crippen molar-refractivity contribution in [2.45, 2.75) is 44.7 Å². The summed E-state index contributed by atoms with van der Waals surface area (Å²) < 4.78 is 34.9. The van der Waals surface area contributed by atoms with Gasteiger partial charge in [0.25, 0.3) is 11.8 Å². The van der Waals surface area contributed by atoms with Crippen molar-refractivity contribution in [3.05, 3.63) is 94.7 Å². The van der Waals surface area contributed by atoms with Crippen LogP contribution in [0.5, 0.6) is 5.75 Å². The van der Waals surface area contributed by atoms with Crippen LogP contribution in [0.3, 0.4) is 0 Å². The van der Waals surface area contributed by atoms with Crippen LogP contribution in [0, 0.1) is 11.2 Å². The number of benzene rings is 2. The van der Waals surface area contributed by atoms with Gasteiger partial charge in [0.2, 0.25) is 23.7 Å². The van der Waals surface area contributed by atoms with Crippen LogP contribution < -0.4 is 26.0 Å². The van der Waals surface area contributed by atoms with Gasteiger partial charge < -0.3 is 40.0 Å². The molecular weight excluding hydrogens is 863 g/mol. The van der Waals surface area contributed by atoms with Crippen LogP contribution in [0.15, 0.2) is 67.1 Å². The summed E-state index contributed by atoms with van der Waals surface area (Å²) >= 11 is 6.01. The molecule has 338 valence electrons. The quantitative estimate of drug-likeness (QED) is 0.0998. The largest absolute Gasteiger partial charge is 0.491 e. The molecule has 2 aromatic carbocycles. The number of anilines is 3. The van der Waals surface area contributed by atoms with E-state index >= 15 is 4.39 Å². The monoisotopic (exact) mass is 908 g/mol. The lowest BCUT2D eigenvalue weighted by Gasteiger charge is -2.38. The third kappa shape index (κ3) is 8.90. The van der Waals surface area contributed by atoms with Gasteiger partial charge in [0.15, 0.2) is 0 Å². The Morgan fingerprint density at radius 1 is 0.923 bits per heavy atom. The van der Waals surface area contributed by atoms with E-state index in [9.17, 15) is 24.0 Å². The number of hydrogen-bond donors (Lipinski definition) is 3. The van der Waals surface area contributed by atoms with Crippen molar-refractivity contribution < 1.29 is 42.6 Å². The zero-order valence-electron chi connectivity index (χ0n) is 35.3. The Morgan fingerprint density at radius 2 is 1.69 bits per heavy atom. The molecule has 1 spiro atoms. The zero-order valence-corrected chi connectivity index (χ0v) is 36.0. The molecule has 3 fully saturated rings. The number of hydrogen-bond acceptors (Lipinski definition) is 13. The fourth-order valence-electron chi connectivity index (χ4n) is 9.03. The first-order valence-electron chi connectivity index (χ1n) is 21.4. The molecule has 1 unspecified atom stereocenters. The fourth-order valence-corrected chi connectivity index (χ4v) is 9.19. The van der Waals surface area contributed by atoms with Crippen molar-refractivity contribution in [1.82, 2.24) is 34.5 Å². The van der Waals surface area contributed by atoms with Crippen molar-refractivity contribution >= 4 is 64.2 Å². The van der Waals surface area contributed by atoms with Gasteiger partial charge in [-0.3, -0.25) is 33.7 Å². The summed E-state index contributed by atoms with van der Waals surface area (Å²) in [6.07, 6.45) is 7.22. The number of nitrogen functional groups attached to an aromatic ring is 1. The van der Waals surface area contributed by atoms with Crippen LogP contribution in [0.1, 0.15) is 58.4 Å². The Hall–Kier alpha value is -6.70. The number of likely N-dealkylation sites (tertiary alicyclic amines) is 1. The third-order valence-electron chi connectivity index (χ3n) is 12.5. The first-order chi connectivity index (χ1) is 31.5. The molecule has 65 heavy (non-hydrogen) atoms. The number of ether oxygens (including phenoxy) is 3. The van der Waals surface area contributed by atoms with Gasteiger partial charge in [-0.1, -0.05) is 11.6 Å². The molecular formula is C45H46ClFN10O8. The van der Waals surface area contributed by atoms with Crippen LogP contribution in [0.25, 0.3) is 16.8 Å². The van der Waals surface area contributed by atoms with E-state index in [1.807, 2.05) is 4.90 Å². The molecule has 0 radical (unpaired) electrons. The van der Waals surface area contributed by atoms with Crippen molar-refractivity contribution in [1.29, 1.82) is 0 Å². The molecule has 3 saturated heterocycles. The highest BCUT2D eigenvalue weighted by Gasteiger charge is 2.48. The molecule has 4 N–H and O–H groups in total. The second-order valence-corrected chi connectivity index (χ2v) is 16.8. The van der Waals surface area contributed by atoms with Crippen molar-refractivity contribution in [2.24, 2.45) is 5.41 Å². The Bertz CT molecular complexity index is 2690. The van der Waals surface area contributed by atoms with Crippen molar-refractivity contribution in [3.63, 3.8) is 0 Å². The number of piperidine rings is 2. The van der Waals surface area contributed by atoms with Crippen molar-refractivity contribution in [2.75, 3.05) is 75.2 Å². The number of aromatic nitrogens is 4. The SMILES string of the molecule is Nc1nccn2c(N3CCC4(CCN(CCOCCOCCOc5ccc6c(c5)CN(C5CCC(=O)NC5=O)C6=O)C4=O)CC3)nc(-c3ccc(C(=O)Nc4cc(Cl)ccn4)cc3F)c12. The highest BCUT2D eigenvalue weighted by molar-refractivity contribution is 6.30. The average Bonchev–Trinajstić information content (AvgIpc) is 3.94. The van der Waals surface area contributed by atoms with Gasteiger partial charge in [0.05, 0.1) is 31.8 Å². The van der Waals surface area contributed by atoms with Crippen molar-refractivity contribution in [3.8, 4) is 17.0 Å². The number of nitrogens with one attached hydrogen (secondary N) is 2. The number of imide groups is 1. The van der Waals surface area contributed by atoms with Crippen LogP contribution in [-0.2, 0) is 30.4 Å². The normalized spacial score (nSPS) is 18.2. The lowest BCUT2D eigenvalue weighted by molar-refractivity contribution is -0.138. The minimum absolute atomic E-state index is 0.0807. The molecule has 9 rings (SSSR count). The zero-order chi connectivity index (χ0) is 45.2. The first-order valence-corrected chi connectivity index (χ1v) is 21.8. The number of fused-ring (bicyclic) bond motifs is 2. The van der Waals surface area contributed by atoms with E-state index in [0.29, 0.717) is 99.7 Å². The molecule has 18 nitrogen and oxygen atoms in total. The number of imidazole rings is 1. The Balaban J connectivity index is 0.715. The van der Waals surface area contributed by atoms with E-state index in [2.05, 4.69) is 25.5 Å². The average molecular weight is 909 g/mol. The molecule has 0 saturated carbocycles. The van der Waals surface area contributed by atoms with E-state index in [1.54, 1.807) is 41.1 Å². The number of amides is 5. The van der Waals surface area contributed by atoms with E-state index < -0.39 is 29.1 Å². The van der Waals surface area contributed by atoms with Gasteiger partial charge in [-0.25, -0.2) is 19.3 Å². The van der Waals surface area contributed by atoms with E-state index in [4.69, 9.17) is 36.5 Å². The molecule has 5 amide bonds. The molecule has 4 aliphatic heterocycles. The summed E-state index contributed by atoms with van der Waals surface area (Å²) in [5.74, 6) is -0.575. The lowest BCUT2D eigenvalue weighted by Crippen LogP contribution is -2.52. The maximum Gasteiger partial charge on any atom is 0.256 e. The van der Waals surface area contributed by atoms with Gasteiger partial charge in [-0.05, 0) is 79.8 Å². The fraction of sp³-hybridized carbons (Fsp3) is 0.378. The van der Waals surface area contributed by atoms with E-state index in [1.165, 1.54) is 29.3 Å². The Kier molecular flexibility index (Phi) is 12.3. The summed E-state index contributed by atoms with van der Waals surface area (Å²) in [5, 5.41) is 5.33. The van der Waals surface area contributed by atoms with Crippen LogP contribution >= 0.6 is 11.6 Å². The standard InChI is InChI=1S/C45H46ClFN10O8/c46-29-7-11-49-35(25-29)51-40(59)27-1-3-32(33(47)24-27)37-38-39(48)50-12-16-56(38)44(53-37)55-14-9-45(10-15-55)8-13-54(43(45)62)17-18-63-19-20-64-21-22-65-30-2-4-31-28(23-30)26-57(42(31)61)34-5-6-36(58)52-41(34)60/h1-4,7,11-12,16,23-25,34H,5-6,8-10,13-15,17-22,26H2,(H2,48,50)(H,49,51,59)(H,52,58,60). The number of nitrogens with two attached hydrogens (primary N) is 1. The minimum atomic E-state index is -0.672. The highest BCUT2D eigenvalue weighted by Crippen LogP contribution is 2.43. The van der Waals surface area contributed by atoms with Crippen LogP contribution in [-0.4, -0.2) is 124 Å². The van der Waals surface area contributed by atoms with Gasteiger partial charge in [-0.15, -0.1) is 0 Å². The Morgan fingerprint density at radius 3 is 2.48 bits per heavy atom. The molecule has 3 aromatic heterocycles. The first kappa shape index (κ1) is 43.5. The molecule has 20 heteroatoms. The maximum atomic E-state index is 15.8. The van der Waals surface area contributed by atoms with E-state index in [0.717, 1.165) is 18.1 Å². The van der Waals surface area contributed by atoms with Gasteiger partial charge in [0.1, 0.15) is 47.1 Å². The topological polar surface area (TPSA) is 216 Å². The second kappa shape index (κ2) is 18.4.